The SMILES string of the molecule is COC(=O)c1cc2ccc(S(=O)(=O)CCCCl)cc2o1. The van der Waals surface area contributed by atoms with Crippen LogP contribution in [0.25, 0.3) is 11.0 Å². The molecule has 0 radical (unpaired) electrons. The molecular weight excluding hydrogens is 304 g/mol. The molecule has 2 rings (SSSR count). The summed E-state index contributed by atoms with van der Waals surface area (Å²) in [7, 11) is -2.14. The van der Waals surface area contributed by atoms with Crippen LogP contribution in [0.1, 0.15) is 17.0 Å². The average Bonchev–Trinajstić information content (AvgIpc) is 2.87. The van der Waals surface area contributed by atoms with Crippen molar-refractivity contribution in [3.63, 3.8) is 0 Å². The van der Waals surface area contributed by atoms with Crippen molar-refractivity contribution in [1.82, 2.24) is 0 Å². The number of rotatable bonds is 5. The van der Waals surface area contributed by atoms with Gasteiger partial charge in [-0.1, -0.05) is 0 Å². The molecule has 0 unspecified atom stereocenters. The van der Waals surface area contributed by atoms with Crippen LogP contribution in [-0.4, -0.2) is 33.1 Å². The van der Waals surface area contributed by atoms with Gasteiger partial charge in [0.05, 0.1) is 17.8 Å². The molecule has 0 fully saturated rings. The van der Waals surface area contributed by atoms with E-state index in [4.69, 9.17) is 16.0 Å². The molecule has 0 bridgehead atoms. The number of carbonyl (C=O) groups is 1. The number of carbonyl (C=O) groups excluding carboxylic acids is 1. The fraction of sp³-hybridized carbons (Fsp3) is 0.308. The number of hydrogen-bond acceptors (Lipinski definition) is 5. The second-order valence-electron chi connectivity index (χ2n) is 4.16. The lowest BCUT2D eigenvalue weighted by molar-refractivity contribution is 0.0567. The van der Waals surface area contributed by atoms with Gasteiger partial charge in [0.1, 0.15) is 5.58 Å². The Hall–Kier alpha value is -1.53. The van der Waals surface area contributed by atoms with Gasteiger partial charge in [0.2, 0.25) is 5.76 Å². The maximum atomic E-state index is 12.0. The predicted octanol–water partition coefficient (Wildman–Crippen LogP) is 2.62. The van der Waals surface area contributed by atoms with Crippen LogP contribution in [0, 0.1) is 0 Å². The first kappa shape index (κ1) is 14.9. The molecule has 0 aliphatic carbocycles. The second kappa shape index (κ2) is 5.85. The molecule has 0 N–H and O–H groups in total. The first-order chi connectivity index (χ1) is 9.47. The van der Waals surface area contributed by atoms with Gasteiger partial charge in [0, 0.05) is 17.3 Å². The monoisotopic (exact) mass is 316 g/mol. The Kier molecular flexibility index (Phi) is 4.35. The van der Waals surface area contributed by atoms with E-state index in [0.717, 1.165) is 0 Å². The largest absolute Gasteiger partial charge is 0.463 e. The highest BCUT2D eigenvalue weighted by atomic mass is 35.5. The third-order valence-electron chi connectivity index (χ3n) is 2.78. The molecule has 0 amide bonds. The Bertz CT molecular complexity index is 732. The van der Waals surface area contributed by atoms with Gasteiger partial charge in [-0.2, -0.15) is 0 Å². The van der Waals surface area contributed by atoms with E-state index in [1.165, 1.54) is 25.3 Å². The standard InChI is InChI=1S/C13H13ClO5S/c1-18-13(15)12-7-9-3-4-10(8-11(9)19-12)20(16,17)6-2-5-14/h3-4,7-8H,2,5-6H2,1H3. The van der Waals surface area contributed by atoms with Crippen molar-refractivity contribution in [2.45, 2.75) is 11.3 Å². The van der Waals surface area contributed by atoms with E-state index in [2.05, 4.69) is 4.74 Å². The number of sulfone groups is 1. The van der Waals surface area contributed by atoms with E-state index in [9.17, 15) is 13.2 Å². The quantitative estimate of drug-likeness (QED) is 0.626. The van der Waals surface area contributed by atoms with Crippen LogP contribution in [0.4, 0.5) is 0 Å². The topological polar surface area (TPSA) is 73.6 Å². The summed E-state index contributed by atoms with van der Waals surface area (Å²) in [5, 5.41) is 0.640. The number of esters is 1. The number of hydrogen-bond donors (Lipinski definition) is 0. The van der Waals surface area contributed by atoms with Crippen molar-refractivity contribution in [3.8, 4) is 0 Å². The lowest BCUT2D eigenvalue weighted by atomic mass is 10.2. The van der Waals surface area contributed by atoms with Crippen LogP contribution in [-0.2, 0) is 14.6 Å². The minimum Gasteiger partial charge on any atom is -0.463 e. The van der Waals surface area contributed by atoms with Crippen LogP contribution in [0.5, 0.6) is 0 Å². The maximum Gasteiger partial charge on any atom is 0.373 e. The van der Waals surface area contributed by atoms with Crippen molar-refractivity contribution in [3.05, 3.63) is 30.0 Å². The molecule has 0 atom stereocenters. The molecule has 1 heterocycles. The summed E-state index contributed by atoms with van der Waals surface area (Å²) < 4.78 is 33.9. The second-order valence-corrected chi connectivity index (χ2v) is 6.65. The minimum absolute atomic E-state index is 0.0213. The van der Waals surface area contributed by atoms with Crippen LogP contribution in [0.2, 0.25) is 0 Å². The van der Waals surface area contributed by atoms with Crippen LogP contribution >= 0.6 is 11.6 Å². The molecule has 0 aliphatic heterocycles. The highest BCUT2D eigenvalue weighted by molar-refractivity contribution is 7.91. The molecule has 5 nitrogen and oxygen atoms in total. The summed E-state index contributed by atoms with van der Waals surface area (Å²) in [4.78, 5) is 11.5. The molecular formula is C13H13ClO5S. The zero-order valence-corrected chi connectivity index (χ0v) is 12.3. The molecule has 20 heavy (non-hydrogen) atoms. The maximum absolute atomic E-state index is 12.0. The first-order valence-corrected chi connectivity index (χ1v) is 8.07. The molecule has 0 spiro atoms. The minimum atomic E-state index is -3.39. The smallest absolute Gasteiger partial charge is 0.373 e. The predicted molar refractivity (Wildman–Crippen MR) is 74.9 cm³/mol. The highest BCUT2D eigenvalue weighted by Gasteiger charge is 2.17. The normalized spacial score (nSPS) is 11.7. The van der Waals surface area contributed by atoms with Gasteiger partial charge in [-0.05, 0) is 24.6 Å². The number of halogens is 1. The van der Waals surface area contributed by atoms with E-state index in [1.54, 1.807) is 6.07 Å². The number of benzene rings is 1. The van der Waals surface area contributed by atoms with Crippen molar-refractivity contribution in [2.24, 2.45) is 0 Å². The number of fused-ring (bicyclic) bond motifs is 1. The van der Waals surface area contributed by atoms with E-state index in [1.807, 2.05) is 0 Å². The lowest BCUT2D eigenvalue weighted by Gasteiger charge is -2.02. The van der Waals surface area contributed by atoms with Gasteiger partial charge in [-0.15, -0.1) is 11.6 Å². The van der Waals surface area contributed by atoms with E-state index in [-0.39, 0.29) is 22.3 Å². The lowest BCUT2D eigenvalue weighted by Crippen LogP contribution is -2.07. The molecule has 0 saturated carbocycles. The molecule has 2 aromatic rings. The number of methoxy groups -OCH3 is 1. The summed E-state index contributed by atoms with van der Waals surface area (Å²) in [6.45, 7) is 0. The van der Waals surface area contributed by atoms with Crippen LogP contribution in [0.3, 0.4) is 0 Å². The van der Waals surface area contributed by atoms with Gasteiger partial charge in [0.25, 0.3) is 0 Å². The van der Waals surface area contributed by atoms with E-state index >= 15 is 0 Å². The summed E-state index contributed by atoms with van der Waals surface area (Å²) in [5.74, 6) is -0.299. The molecule has 7 heteroatoms. The molecule has 108 valence electrons. The number of furan rings is 1. The van der Waals surface area contributed by atoms with Gasteiger partial charge in [-0.3, -0.25) is 0 Å². The van der Waals surface area contributed by atoms with Gasteiger partial charge < -0.3 is 9.15 Å². The van der Waals surface area contributed by atoms with Crippen molar-refractivity contribution in [2.75, 3.05) is 18.7 Å². The Balaban J connectivity index is 2.41. The molecule has 0 aliphatic rings. The van der Waals surface area contributed by atoms with E-state index < -0.39 is 15.8 Å². The zero-order valence-electron chi connectivity index (χ0n) is 10.8. The van der Waals surface area contributed by atoms with Crippen LogP contribution in [0.15, 0.2) is 33.6 Å². The summed E-state index contributed by atoms with van der Waals surface area (Å²) in [6.07, 6.45) is 0.382. The first-order valence-electron chi connectivity index (χ1n) is 5.88. The number of ether oxygens (including phenoxy) is 1. The van der Waals surface area contributed by atoms with E-state index in [0.29, 0.717) is 17.4 Å². The Morgan fingerprint density at radius 1 is 1.35 bits per heavy atom. The van der Waals surface area contributed by atoms with Gasteiger partial charge >= 0.3 is 5.97 Å². The summed E-state index contributed by atoms with van der Waals surface area (Å²) >= 11 is 5.51. The summed E-state index contributed by atoms with van der Waals surface area (Å²) in [6, 6.07) is 6.00. The summed E-state index contributed by atoms with van der Waals surface area (Å²) in [5.41, 5.74) is 0.331. The average molecular weight is 317 g/mol. The third kappa shape index (κ3) is 2.96. The van der Waals surface area contributed by atoms with Crippen molar-refractivity contribution >= 4 is 38.4 Å². The molecule has 0 saturated heterocycles. The number of alkyl halides is 1. The Morgan fingerprint density at radius 2 is 2.10 bits per heavy atom. The van der Waals surface area contributed by atoms with Crippen LogP contribution < -0.4 is 0 Å². The third-order valence-corrected chi connectivity index (χ3v) is 4.85. The van der Waals surface area contributed by atoms with Crippen molar-refractivity contribution in [1.29, 1.82) is 0 Å². The highest BCUT2D eigenvalue weighted by Crippen LogP contribution is 2.24. The fourth-order valence-corrected chi connectivity index (χ4v) is 3.38. The fourth-order valence-electron chi connectivity index (χ4n) is 1.77. The Morgan fingerprint density at radius 3 is 2.75 bits per heavy atom. The Labute approximate surface area is 121 Å². The molecule has 1 aromatic carbocycles. The molecule has 1 aromatic heterocycles. The van der Waals surface area contributed by atoms with Crippen molar-refractivity contribution < 1.29 is 22.4 Å². The van der Waals surface area contributed by atoms with Gasteiger partial charge in [-0.25, -0.2) is 13.2 Å². The van der Waals surface area contributed by atoms with Gasteiger partial charge in [0.15, 0.2) is 9.84 Å². The zero-order chi connectivity index (χ0) is 14.8.